The van der Waals surface area contributed by atoms with Crippen molar-refractivity contribution in [3.8, 4) is 0 Å². The van der Waals surface area contributed by atoms with Gasteiger partial charge in [0.2, 0.25) is 5.91 Å². The predicted octanol–water partition coefficient (Wildman–Crippen LogP) is 2.09. The highest BCUT2D eigenvalue weighted by Crippen LogP contribution is 2.13. The van der Waals surface area contributed by atoms with Crippen LogP contribution in [0, 0.1) is 0 Å². The molecule has 1 aliphatic heterocycles. The molecule has 1 aliphatic rings. The van der Waals surface area contributed by atoms with Gasteiger partial charge in [-0.3, -0.25) is 14.6 Å². The topological polar surface area (TPSA) is 83.1 Å². The van der Waals surface area contributed by atoms with Crippen LogP contribution in [0.4, 0.5) is 5.69 Å². The second-order valence-corrected chi connectivity index (χ2v) is 6.16. The molecular formula is C19H22N4O2. The normalized spacial score (nSPS) is 16.4. The molecule has 2 aromatic rings. The Balaban J connectivity index is 1.52. The quantitative estimate of drug-likeness (QED) is 0.753. The minimum Gasteiger partial charge on any atom is -0.352 e. The summed E-state index contributed by atoms with van der Waals surface area (Å²) in [6.07, 6.45) is 5.87. The Morgan fingerprint density at radius 1 is 1.20 bits per heavy atom. The van der Waals surface area contributed by atoms with E-state index in [1.807, 2.05) is 24.3 Å². The zero-order valence-corrected chi connectivity index (χ0v) is 14.0. The standard InChI is InChI=1S/C19H22N4O2/c24-18(12-16-5-2-8-21-16)22-13-14-3-1-4-17(11-14)23-19(25)15-6-9-20-10-7-15/h1,3-4,6-7,9-11,16,21H,2,5,8,12-13H2,(H,22,24)(H,23,25). The van der Waals surface area contributed by atoms with Crippen LogP contribution in [-0.2, 0) is 11.3 Å². The number of benzene rings is 1. The number of hydrogen-bond donors (Lipinski definition) is 3. The van der Waals surface area contributed by atoms with E-state index in [9.17, 15) is 9.59 Å². The van der Waals surface area contributed by atoms with E-state index < -0.39 is 0 Å². The highest BCUT2D eigenvalue weighted by atomic mass is 16.2. The lowest BCUT2D eigenvalue weighted by molar-refractivity contribution is -0.121. The SMILES string of the molecule is O=C(CC1CCCN1)NCc1cccc(NC(=O)c2ccncc2)c1. The molecule has 0 radical (unpaired) electrons. The van der Waals surface area contributed by atoms with Crippen molar-refractivity contribution in [1.82, 2.24) is 15.6 Å². The third-order valence-corrected chi connectivity index (χ3v) is 4.21. The fourth-order valence-corrected chi connectivity index (χ4v) is 2.89. The number of amides is 2. The van der Waals surface area contributed by atoms with Gasteiger partial charge in [-0.05, 0) is 49.2 Å². The van der Waals surface area contributed by atoms with E-state index in [0.717, 1.165) is 24.9 Å². The van der Waals surface area contributed by atoms with Crippen LogP contribution in [0.2, 0.25) is 0 Å². The maximum atomic E-state index is 12.2. The molecule has 0 bridgehead atoms. The molecule has 2 heterocycles. The molecule has 1 saturated heterocycles. The molecule has 1 aromatic carbocycles. The van der Waals surface area contributed by atoms with Gasteiger partial charge in [-0.25, -0.2) is 0 Å². The largest absolute Gasteiger partial charge is 0.352 e. The fraction of sp³-hybridized carbons (Fsp3) is 0.316. The van der Waals surface area contributed by atoms with E-state index in [2.05, 4.69) is 20.9 Å². The van der Waals surface area contributed by atoms with Crippen LogP contribution in [0.3, 0.4) is 0 Å². The zero-order chi connectivity index (χ0) is 17.5. The summed E-state index contributed by atoms with van der Waals surface area (Å²) < 4.78 is 0. The van der Waals surface area contributed by atoms with Crippen molar-refractivity contribution in [2.75, 3.05) is 11.9 Å². The molecule has 0 spiro atoms. The molecule has 130 valence electrons. The molecule has 2 amide bonds. The molecule has 0 aliphatic carbocycles. The second kappa shape index (κ2) is 8.39. The highest BCUT2D eigenvalue weighted by molar-refractivity contribution is 6.04. The smallest absolute Gasteiger partial charge is 0.255 e. The summed E-state index contributed by atoms with van der Waals surface area (Å²) in [4.78, 5) is 28.1. The summed E-state index contributed by atoms with van der Waals surface area (Å²) in [5, 5.41) is 9.11. The predicted molar refractivity (Wildman–Crippen MR) is 96.1 cm³/mol. The summed E-state index contributed by atoms with van der Waals surface area (Å²) in [6, 6.07) is 11.1. The Hall–Kier alpha value is -2.73. The second-order valence-electron chi connectivity index (χ2n) is 6.16. The number of pyridine rings is 1. The minimum absolute atomic E-state index is 0.0469. The first kappa shape index (κ1) is 17.1. The van der Waals surface area contributed by atoms with Gasteiger partial charge in [0.1, 0.15) is 0 Å². The Labute approximate surface area is 147 Å². The summed E-state index contributed by atoms with van der Waals surface area (Å²) in [6.45, 7) is 1.45. The van der Waals surface area contributed by atoms with Crippen molar-refractivity contribution >= 4 is 17.5 Å². The van der Waals surface area contributed by atoms with E-state index in [1.54, 1.807) is 24.5 Å². The highest BCUT2D eigenvalue weighted by Gasteiger charge is 2.17. The van der Waals surface area contributed by atoms with Crippen molar-refractivity contribution in [3.63, 3.8) is 0 Å². The molecule has 1 unspecified atom stereocenters. The van der Waals surface area contributed by atoms with Crippen molar-refractivity contribution < 1.29 is 9.59 Å². The Morgan fingerprint density at radius 2 is 2.04 bits per heavy atom. The number of carbonyl (C=O) groups excluding carboxylic acids is 2. The number of nitrogens with one attached hydrogen (secondary N) is 3. The number of rotatable bonds is 6. The first-order valence-corrected chi connectivity index (χ1v) is 8.51. The number of carbonyl (C=O) groups is 2. The molecule has 0 saturated carbocycles. The maximum absolute atomic E-state index is 12.2. The first-order chi connectivity index (χ1) is 12.2. The van der Waals surface area contributed by atoms with Gasteiger partial charge in [-0.1, -0.05) is 12.1 Å². The Bertz CT molecular complexity index is 727. The van der Waals surface area contributed by atoms with Gasteiger partial charge in [0.15, 0.2) is 0 Å². The van der Waals surface area contributed by atoms with Gasteiger partial charge in [0.05, 0.1) is 0 Å². The van der Waals surface area contributed by atoms with Crippen LogP contribution in [0.25, 0.3) is 0 Å². The molecule has 6 nitrogen and oxygen atoms in total. The monoisotopic (exact) mass is 338 g/mol. The number of aromatic nitrogens is 1. The van der Waals surface area contributed by atoms with Crippen molar-refractivity contribution in [1.29, 1.82) is 0 Å². The fourth-order valence-electron chi connectivity index (χ4n) is 2.89. The van der Waals surface area contributed by atoms with E-state index in [4.69, 9.17) is 0 Å². The molecule has 25 heavy (non-hydrogen) atoms. The summed E-state index contributed by atoms with van der Waals surface area (Å²) >= 11 is 0. The average molecular weight is 338 g/mol. The van der Waals surface area contributed by atoms with Gasteiger partial charge in [-0.2, -0.15) is 0 Å². The number of nitrogens with zero attached hydrogens (tertiary/aromatic N) is 1. The van der Waals surface area contributed by atoms with E-state index in [1.165, 1.54) is 0 Å². The van der Waals surface area contributed by atoms with Crippen molar-refractivity contribution in [2.24, 2.45) is 0 Å². The van der Waals surface area contributed by atoms with Crippen LogP contribution in [-0.4, -0.2) is 29.4 Å². The molecule has 3 N–H and O–H groups in total. The van der Waals surface area contributed by atoms with Crippen LogP contribution in [0.5, 0.6) is 0 Å². The molecule has 3 rings (SSSR count). The van der Waals surface area contributed by atoms with E-state index in [-0.39, 0.29) is 11.8 Å². The maximum Gasteiger partial charge on any atom is 0.255 e. The lowest BCUT2D eigenvalue weighted by Gasteiger charge is -2.11. The van der Waals surface area contributed by atoms with Gasteiger partial charge >= 0.3 is 0 Å². The molecule has 1 aromatic heterocycles. The van der Waals surface area contributed by atoms with Gasteiger partial charge < -0.3 is 16.0 Å². The lowest BCUT2D eigenvalue weighted by atomic mass is 10.1. The molecular weight excluding hydrogens is 316 g/mol. The van der Waals surface area contributed by atoms with E-state index in [0.29, 0.717) is 30.3 Å². The molecule has 1 fully saturated rings. The lowest BCUT2D eigenvalue weighted by Crippen LogP contribution is -2.31. The first-order valence-electron chi connectivity index (χ1n) is 8.51. The van der Waals surface area contributed by atoms with Crippen LogP contribution >= 0.6 is 0 Å². The average Bonchev–Trinajstić information content (AvgIpc) is 3.14. The van der Waals surface area contributed by atoms with Crippen LogP contribution in [0.15, 0.2) is 48.8 Å². The number of anilines is 1. The molecule has 1 atom stereocenters. The third kappa shape index (κ3) is 5.12. The van der Waals surface area contributed by atoms with Gasteiger partial charge in [0.25, 0.3) is 5.91 Å². The summed E-state index contributed by atoms with van der Waals surface area (Å²) in [5.74, 6) is -0.137. The summed E-state index contributed by atoms with van der Waals surface area (Å²) in [5.41, 5.74) is 2.20. The van der Waals surface area contributed by atoms with Crippen molar-refractivity contribution in [3.05, 3.63) is 59.9 Å². The van der Waals surface area contributed by atoms with Crippen LogP contribution in [0.1, 0.15) is 35.2 Å². The van der Waals surface area contributed by atoms with Crippen molar-refractivity contribution in [2.45, 2.75) is 31.8 Å². The minimum atomic E-state index is -0.184. The zero-order valence-electron chi connectivity index (χ0n) is 14.0. The Kier molecular flexibility index (Phi) is 5.74. The Morgan fingerprint density at radius 3 is 2.80 bits per heavy atom. The summed E-state index contributed by atoms with van der Waals surface area (Å²) in [7, 11) is 0. The molecule has 6 heteroatoms. The van der Waals surface area contributed by atoms with E-state index >= 15 is 0 Å². The van der Waals surface area contributed by atoms with Gasteiger partial charge in [0, 0.05) is 42.7 Å². The number of hydrogen-bond acceptors (Lipinski definition) is 4. The van der Waals surface area contributed by atoms with Gasteiger partial charge in [-0.15, -0.1) is 0 Å². The third-order valence-electron chi connectivity index (χ3n) is 4.21. The van der Waals surface area contributed by atoms with Crippen LogP contribution < -0.4 is 16.0 Å².